The van der Waals surface area contributed by atoms with Gasteiger partial charge in [0, 0.05) is 16.5 Å². The third-order valence-electron chi connectivity index (χ3n) is 5.95. The molecule has 0 spiro atoms. The molecule has 1 aliphatic rings. The molecule has 3 aromatic rings. The first-order chi connectivity index (χ1) is 16.5. The number of nitrogens with one attached hydrogen (secondary N) is 1. The molecule has 7 nitrogen and oxygen atoms in total. The number of ether oxygens (including phenoxy) is 2. The highest BCUT2D eigenvalue weighted by molar-refractivity contribution is 7.98. The SMILES string of the molecule is CSCC[C@H](NC(=O)OCc1ccccc1)C(=O)Oc1ccc2c3c(c(=O)oc2c1C)CCC3. The first kappa shape index (κ1) is 23.9. The van der Waals surface area contributed by atoms with Crippen LogP contribution in [0.3, 0.4) is 0 Å². The van der Waals surface area contributed by atoms with E-state index in [0.29, 0.717) is 29.1 Å². The van der Waals surface area contributed by atoms with Crippen molar-refractivity contribution in [3.8, 4) is 5.75 Å². The molecular weight excluding hydrogens is 454 g/mol. The molecule has 34 heavy (non-hydrogen) atoms. The quantitative estimate of drug-likeness (QED) is 0.287. The molecule has 1 aliphatic carbocycles. The van der Waals surface area contributed by atoms with Crippen LogP contribution in [-0.2, 0) is 29.0 Å². The van der Waals surface area contributed by atoms with Crippen molar-refractivity contribution >= 4 is 34.8 Å². The highest BCUT2D eigenvalue weighted by atomic mass is 32.2. The summed E-state index contributed by atoms with van der Waals surface area (Å²) in [5, 5.41) is 3.50. The predicted molar refractivity (Wildman–Crippen MR) is 131 cm³/mol. The van der Waals surface area contributed by atoms with Crippen LogP contribution in [0, 0.1) is 6.92 Å². The molecule has 1 heterocycles. The minimum atomic E-state index is -0.877. The molecule has 1 atom stereocenters. The van der Waals surface area contributed by atoms with E-state index in [1.807, 2.05) is 42.7 Å². The van der Waals surface area contributed by atoms with Gasteiger partial charge in [0.1, 0.15) is 24.0 Å². The molecule has 0 bridgehead atoms. The van der Waals surface area contributed by atoms with Crippen molar-refractivity contribution in [1.82, 2.24) is 5.32 Å². The molecule has 2 aromatic carbocycles. The summed E-state index contributed by atoms with van der Waals surface area (Å²) < 4.78 is 16.5. The summed E-state index contributed by atoms with van der Waals surface area (Å²) in [6.45, 7) is 1.86. The Labute approximate surface area is 201 Å². The lowest BCUT2D eigenvalue weighted by Crippen LogP contribution is -2.43. The maximum Gasteiger partial charge on any atom is 0.408 e. The van der Waals surface area contributed by atoms with Gasteiger partial charge in [-0.05, 0) is 67.9 Å². The predicted octanol–water partition coefficient (Wildman–Crippen LogP) is 4.54. The molecule has 0 unspecified atom stereocenters. The van der Waals surface area contributed by atoms with Crippen molar-refractivity contribution in [2.24, 2.45) is 0 Å². The van der Waals surface area contributed by atoms with Crippen molar-refractivity contribution in [3.05, 3.63) is 75.1 Å². The van der Waals surface area contributed by atoms with Gasteiger partial charge in [-0.15, -0.1) is 0 Å². The molecule has 8 heteroatoms. The van der Waals surface area contributed by atoms with Crippen molar-refractivity contribution in [1.29, 1.82) is 0 Å². The first-order valence-corrected chi connectivity index (χ1v) is 12.6. The number of hydrogen-bond acceptors (Lipinski definition) is 7. The fraction of sp³-hybridized carbons (Fsp3) is 0.346. The second-order valence-electron chi connectivity index (χ2n) is 8.23. The molecule has 1 amide bonds. The van der Waals surface area contributed by atoms with E-state index in [1.165, 1.54) is 0 Å². The van der Waals surface area contributed by atoms with Crippen LogP contribution in [0.4, 0.5) is 4.79 Å². The van der Waals surface area contributed by atoms with Crippen molar-refractivity contribution in [2.45, 2.75) is 45.3 Å². The summed E-state index contributed by atoms with van der Waals surface area (Å²) in [6.07, 6.45) is 4.11. The van der Waals surface area contributed by atoms with E-state index < -0.39 is 18.1 Å². The molecule has 0 saturated carbocycles. The molecule has 0 fully saturated rings. The van der Waals surface area contributed by atoms with Gasteiger partial charge in [-0.25, -0.2) is 14.4 Å². The maximum absolute atomic E-state index is 13.0. The lowest BCUT2D eigenvalue weighted by Gasteiger charge is -2.18. The molecule has 4 rings (SSSR count). The van der Waals surface area contributed by atoms with Gasteiger partial charge in [0.05, 0.1) is 0 Å². The van der Waals surface area contributed by atoms with E-state index in [0.717, 1.165) is 41.3 Å². The van der Waals surface area contributed by atoms with Crippen molar-refractivity contribution in [2.75, 3.05) is 12.0 Å². The van der Waals surface area contributed by atoms with Gasteiger partial charge in [-0.1, -0.05) is 30.3 Å². The molecule has 0 radical (unpaired) electrons. The Morgan fingerprint density at radius 1 is 1.12 bits per heavy atom. The zero-order valence-electron chi connectivity index (χ0n) is 19.2. The lowest BCUT2D eigenvalue weighted by atomic mass is 10.0. The van der Waals surface area contributed by atoms with E-state index in [-0.39, 0.29) is 12.2 Å². The second-order valence-corrected chi connectivity index (χ2v) is 9.21. The molecule has 178 valence electrons. The molecular formula is C26H27NO6S. The van der Waals surface area contributed by atoms with E-state index in [2.05, 4.69) is 5.32 Å². The zero-order valence-corrected chi connectivity index (χ0v) is 20.0. The number of thioether (sulfide) groups is 1. The minimum absolute atomic E-state index is 0.101. The Bertz CT molecular complexity index is 1250. The molecule has 0 aliphatic heterocycles. The first-order valence-electron chi connectivity index (χ1n) is 11.2. The Balaban J connectivity index is 1.48. The maximum atomic E-state index is 13.0. The lowest BCUT2D eigenvalue weighted by molar-refractivity contribution is -0.136. The van der Waals surface area contributed by atoms with Crippen LogP contribution in [0.5, 0.6) is 5.75 Å². The van der Waals surface area contributed by atoms with Gasteiger partial charge < -0.3 is 19.2 Å². The van der Waals surface area contributed by atoms with Gasteiger partial charge in [0.15, 0.2) is 0 Å². The molecule has 1 N–H and O–H groups in total. The smallest absolute Gasteiger partial charge is 0.408 e. The van der Waals surface area contributed by atoms with Crippen LogP contribution >= 0.6 is 11.8 Å². The summed E-state index contributed by atoms with van der Waals surface area (Å²) in [4.78, 5) is 37.7. The van der Waals surface area contributed by atoms with Crippen LogP contribution in [0.15, 0.2) is 51.7 Å². The Morgan fingerprint density at radius 3 is 2.65 bits per heavy atom. The largest absolute Gasteiger partial charge is 0.445 e. The summed E-state index contributed by atoms with van der Waals surface area (Å²) in [7, 11) is 0. The Hall–Kier alpha value is -3.26. The van der Waals surface area contributed by atoms with Crippen molar-refractivity contribution < 1.29 is 23.5 Å². The van der Waals surface area contributed by atoms with Crippen LogP contribution in [0.1, 0.15) is 35.1 Å². The molecule has 0 saturated heterocycles. The van der Waals surface area contributed by atoms with E-state index in [1.54, 1.807) is 24.8 Å². The normalized spacial score (nSPS) is 13.4. The van der Waals surface area contributed by atoms with E-state index >= 15 is 0 Å². The highest BCUT2D eigenvalue weighted by Gasteiger charge is 2.26. The highest BCUT2D eigenvalue weighted by Crippen LogP contribution is 2.33. The number of carbonyl (C=O) groups excluding carboxylic acids is 2. The van der Waals surface area contributed by atoms with Gasteiger partial charge in [0.2, 0.25) is 0 Å². The number of fused-ring (bicyclic) bond motifs is 3. The Morgan fingerprint density at radius 2 is 1.88 bits per heavy atom. The van der Waals surface area contributed by atoms with Crippen LogP contribution in [-0.4, -0.2) is 30.1 Å². The van der Waals surface area contributed by atoms with Crippen LogP contribution in [0.2, 0.25) is 0 Å². The number of carbonyl (C=O) groups is 2. The number of aryl methyl sites for hydroxylation is 2. The number of alkyl carbamates (subject to hydrolysis) is 1. The average molecular weight is 482 g/mol. The number of rotatable bonds is 8. The third kappa shape index (κ3) is 5.28. The fourth-order valence-corrected chi connectivity index (χ4v) is 4.62. The number of amides is 1. The third-order valence-corrected chi connectivity index (χ3v) is 6.59. The van der Waals surface area contributed by atoms with Gasteiger partial charge in [0.25, 0.3) is 0 Å². The van der Waals surface area contributed by atoms with Gasteiger partial charge in [-0.2, -0.15) is 11.8 Å². The van der Waals surface area contributed by atoms with E-state index in [4.69, 9.17) is 13.9 Å². The van der Waals surface area contributed by atoms with Gasteiger partial charge in [-0.3, -0.25) is 0 Å². The number of esters is 1. The van der Waals surface area contributed by atoms with Crippen LogP contribution < -0.4 is 15.7 Å². The topological polar surface area (TPSA) is 94.8 Å². The summed E-state index contributed by atoms with van der Waals surface area (Å²) >= 11 is 1.56. The fourth-order valence-electron chi connectivity index (χ4n) is 4.15. The van der Waals surface area contributed by atoms with E-state index in [9.17, 15) is 14.4 Å². The number of benzene rings is 2. The summed E-state index contributed by atoms with van der Waals surface area (Å²) in [6, 6.07) is 12.0. The summed E-state index contributed by atoms with van der Waals surface area (Å²) in [5.41, 5.74) is 3.30. The number of hydrogen-bond donors (Lipinski definition) is 1. The second kappa shape index (κ2) is 10.8. The standard InChI is InChI=1S/C26H27NO6S/c1-16-22(12-11-19-18-9-6-10-20(18)24(28)33-23(16)19)32-25(29)21(13-14-34-2)27-26(30)31-15-17-7-4-3-5-8-17/h3-5,7-8,11-12,21H,6,9-10,13-15H2,1-2H3,(H,27,30)/t21-/m0/s1. The minimum Gasteiger partial charge on any atom is -0.445 e. The zero-order chi connectivity index (χ0) is 24.1. The summed E-state index contributed by atoms with van der Waals surface area (Å²) in [5.74, 6) is 0.347. The Kier molecular flexibility index (Phi) is 7.57. The van der Waals surface area contributed by atoms with Gasteiger partial charge >= 0.3 is 17.7 Å². The average Bonchev–Trinajstić information content (AvgIpc) is 3.34. The molecule has 1 aromatic heterocycles. The van der Waals surface area contributed by atoms with Crippen molar-refractivity contribution in [3.63, 3.8) is 0 Å². The monoisotopic (exact) mass is 481 g/mol. The van der Waals surface area contributed by atoms with Crippen LogP contribution in [0.25, 0.3) is 11.0 Å².